The van der Waals surface area contributed by atoms with E-state index in [0.29, 0.717) is 23.6 Å². The maximum atomic E-state index is 12.9. The van der Waals surface area contributed by atoms with Crippen LogP contribution in [0.1, 0.15) is 42.3 Å². The van der Waals surface area contributed by atoms with Crippen LogP contribution in [-0.4, -0.2) is 18.4 Å². The van der Waals surface area contributed by atoms with Gasteiger partial charge in [0.05, 0.1) is 12.9 Å². The highest BCUT2D eigenvalue weighted by molar-refractivity contribution is 6.10. The normalized spacial score (nSPS) is 11.1. The summed E-state index contributed by atoms with van der Waals surface area (Å²) in [6.45, 7) is 2.81. The lowest BCUT2D eigenvalue weighted by atomic mass is 10.2. The summed E-state index contributed by atoms with van der Waals surface area (Å²) in [4.78, 5) is 25.4. The molecule has 0 aliphatic carbocycles. The lowest BCUT2D eigenvalue weighted by molar-refractivity contribution is -0.113. The number of hydrogen-bond donors (Lipinski definition) is 2. The Hall–Kier alpha value is -3.80. The number of ether oxygens (including phenoxy) is 1. The Bertz CT molecular complexity index is 994. The molecule has 2 amide bonds. The van der Waals surface area contributed by atoms with Crippen LogP contribution in [-0.2, 0) is 4.79 Å². The first kappa shape index (κ1) is 21.9. The summed E-state index contributed by atoms with van der Waals surface area (Å²) < 4.78 is 11.0. The molecular weight excluding hydrogens is 392 g/mol. The summed E-state index contributed by atoms with van der Waals surface area (Å²) in [7, 11) is 0. The summed E-state index contributed by atoms with van der Waals surface area (Å²) >= 11 is 0. The smallest absolute Gasteiger partial charge is 0.272 e. The minimum absolute atomic E-state index is 0.0729. The van der Waals surface area contributed by atoms with Crippen LogP contribution in [0.4, 0.5) is 5.69 Å². The highest BCUT2D eigenvalue weighted by Crippen LogP contribution is 2.17. The molecule has 1 heterocycles. The van der Waals surface area contributed by atoms with E-state index in [1.54, 1.807) is 60.7 Å². The molecule has 0 atom stereocenters. The number of benzene rings is 2. The maximum absolute atomic E-state index is 12.9. The van der Waals surface area contributed by atoms with Gasteiger partial charge in [-0.05, 0) is 55.0 Å². The van der Waals surface area contributed by atoms with Crippen molar-refractivity contribution in [2.75, 3.05) is 11.9 Å². The number of furan rings is 1. The van der Waals surface area contributed by atoms with Gasteiger partial charge in [0, 0.05) is 17.3 Å². The number of amides is 2. The minimum atomic E-state index is -0.461. The van der Waals surface area contributed by atoms with Gasteiger partial charge in [-0.1, -0.05) is 38.0 Å². The number of carbonyl (C=O) groups excluding carboxylic acids is 2. The molecule has 6 nitrogen and oxygen atoms in total. The first-order valence-corrected chi connectivity index (χ1v) is 10.3. The average molecular weight is 418 g/mol. The second-order valence-electron chi connectivity index (χ2n) is 6.93. The second kappa shape index (κ2) is 11.4. The fraction of sp³-hybridized carbons (Fsp3) is 0.200. The first-order chi connectivity index (χ1) is 15.2. The van der Waals surface area contributed by atoms with Crippen LogP contribution in [0, 0.1) is 0 Å². The van der Waals surface area contributed by atoms with Crippen molar-refractivity contribution in [3.63, 3.8) is 0 Å². The first-order valence-electron chi connectivity index (χ1n) is 10.3. The zero-order valence-electron chi connectivity index (χ0n) is 17.5. The molecule has 2 N–H and O–H groups in total. The lowest BCUT2D eigenvalue weighted by Gasteiger charge is -2.11. The summed E-state index contributed by atoms with van der Waals surface area (Å²) in [6.07, 6.45) is 6.27. The van der Waals surface area contributed by atoms with Crippen molar-refractivity contribution in [1.29, 1.82) is 0 Å². The maximum Gasteiger partial charge on any atom is 0.272 e. The van der Waals surface area contributed by atoms with Crippen molar-refractivity contribution in [1.82, 2.24) is 5.32 Å². The largest absolute Gasteiger partial charge is 0.494 e. The molecule has 0 aliphatic rings. The molecule has 3 aromatic rings. The van der Waals surface area contributed by atoms with Crippen molar-refractivity contribution in [3.05, 3.63) is 90.0 Å². The van der Waals surface area contributed by atoms with E-state index in [2.05, 4.69) is 17.6 Å². The van der Waals surface area contributed by atoms with Crippen LogP contribution in [0.15, 0.2) is 83.1 Å². The average Bonchev–Trinajstić information content (AvgIpc) is 3.31. The molecule has 31 heavy (non-hydrogen) atoms. The van der Waals surface area contributed by atoms with Crippen LogP contribution in [0.2, 0.25) is 0 Å². The van der Waals surface area contributed by atoms with Gasteiger partial charge in [0.2, 0.25) is 0 Å². The fourth-order valence-electron chi connectivity index (χ4n) is 2.83. The second-order valence-corrected chi connectivity index (χ2v) is 6.93. The molecule has 0 saturated carbocycles. The third kappa shape index (κ3) is 6.89. The van der Waals surface area contributed by atoms with Crippen LogP contribution in [0.3, 0.4) is 0 Å². The van der Waals surface area contributed by atoms with Crippen molar-refractivity contribution in [2.45, 2.75) is 26.2 Å². The van der Waals surface area contributed by atoms with Crippen LogP contribution in [0.5, 0.6) is 5.75 Å². The Kier molecular flexibility index (Phi) is 8.05. The number of carbonyl (C=O) groups is 2. The van der Waals surface area contributed by atoms with Gasteiger partial charge in [-0.15, -0.1) is 0 Å². The molecule has 0 unspecified atom stereocenters. The van der Waals surface area contributed by atoms with Gasteiger partial charge in [-0.3, -0.25) is 9.59 Å². The quantitative estimate of drug-likeness (QED) is 0.348. The van der Waals surface area contributed by atoms with Gasteiger partial charge in [0.25, 0.3) is 11.8 Å². The molecule has 0 saturated heterocycles. The Morgan fingerprint density at radius 2 is 1.74 bits per heavy atom. The Morgan fingerprint density at radius 1 is 0.968 bits per heavy atom. The Labute approximate surface area is 181 Å². The highest BCUT2D eigenvalue weighted by Gasteiger charge is 2.15. The molecule has 2 aromatic carbocycles. The molecule has 6 heteroatoms. The van der Waals surface area contributed by atoms with Gasteiger partial charge in [0.15, 0.2) is 0 Å². The van der Waals surface area contributed by atoms with Crippen molar-refractivity contribution < 1.29 is 18.7 Å². The topological polar surface area (TPSA) is 80.6 Å². The van der Waals surface area contributed by atoms with Gasteiger partial charge in [-0.2, -0.15) is 0 Å². The van der Waals surface area contributed by atoms with E-state index in [4.69, 9.17) is 9.15 Å². The van der Waals surface area contributed by atoms with E-state index in [1.165, 1.54) is 12.3 Å². The van der Waals surface area contributed by atoms with E-state index < -0.39 is 5.91 Å². The summed E-state index contributed by atoms with van der Waals surface area (Å²) in [6, 6.07) is 19.2. The predicted octanol–water partition coefficient (Wildman–Crippen LogP) is 5.26. The molecular formula is C25H26N2O4. The van der Waals surface area contributed by atoms with Gasteiger partial charge in [0.1, 0.15) is 17.2 Å². The summed E-state index contributed by atoms with van der Waals surface area (Å²) in [5.74, 6) is 0.355. The fourth-order valence-corrected chi connectivity index (χ4v) is 2.83. The molecule has 0 fully saturated rings. The minimum Gasteiger partial charge on any atom is -0.494 e. The number of rotatable bonds is 10. The van der Waals surface area contributed by atoms with E-state index in [-0.39, 0.29) is 11.6 Å². The van der Waals surface area contributed by atoms with Gasteiger partial charge < -0.3 is 19.8 Å². The van der Waals surface area contributed by atoms with E-state index in [0.717, 1.165) is 25.0 Å². The zero-order valence-corrected chi connectivity index (χ0v) is 17.5. The van der Waals surface area contributed by atoms with E-state index >= 15 is 0 Å². The molecule has 0 spiro atoms. The zero-order chi connectivity index (χ0) is 21.9. The third-order valence-electron chi connectivity index (χ3n) is 4.49. The van der Waals surface area contributed by atoms with Crippen molar-refractivity contribution >= 4 is 23.6 Å². The van der Waals surface area contributed by atoms with Crippen LogP contribution in [0.25, 0.3) is 6.08 Å². The van der Waals surface area contributed by atoms with E-state index in [1.807, 2.05) is 6.07 Å². The Morgan fingerprint density at radius 3 is 2.42 bits per heavy atom. The predicted molar refractivity (Wildman–Crippen MR) is 121 cm³/mol. The molecule has 0 bridgehead atoms. The Balaban J connectivity index is 1.68. The molecule has 1 aromatic heterocycles. The van der Waals surface area contributed by atoms with Crippen LogP contribution >= 0.6 is 0 Å². The van der Waals surface area contributed by atoms with Gasteiger partial charge in [-0.25, -0.2) is 0 Å². The molecule has 160 valence electrons. The monoisotopic (exact) mass is 418 g/mol. The number of unbranched alkanes of at least 4 members (excludes halogenated alkanes) is 2. The molecule has 3 rings (SSSR count). The third-order valence-corrected chi connectivity index (χ3v) is 4.49. The van der Waals surface area contributed by atoms with Crippen molar-refractivity contribution in [2.24, 2.45) is 0 Å². The lowest BCUT2D eigenvalue weighted by Crippen LogP contribution is -2.30. The number of anilines is 1. The standard InChI is InChI=1S/C25H26N2O4/c1-2-3-7-16-30-21-14-12-20(13-15-21)26-25(29)23(18-22-11-8-17-31-22)27-24(28)19-9-5-4-6-10-19/h4-6,8-15,17-18H,2-3,7,16H2,1H3,(H,26,29)(H,27,28). The number of nitrogens with one attached hydrogen (secondary N) is 2. The highest BCUT2D eigenvalue weighted by atomic mass is 16.5. The van der Waals surface area contributed by atoms with E-state index in [9.17, 15) is 9.59 Å². The molecule has 0 aliphatic heterocycles. The van der Waals surface area contributed by atoms with Gasteiger partial charge >= 0.3 is 0 Å². The van der Waals surface area contributed by atoms with Crippen molar-refractivity contribution in [3.8, 4) is 5.75 Å². The SMILES string of the molecule is CCCCCOc1ccc(NC(=O)C(=Cc2ccco2)NC(=O)c2ccccc2)cc1. The number of hydrogen-bond acceptors (Lipinski definition) is 4. The molecule has 0 radical (unpaired) electrons. The summed E-state index contributed by atoms with van der Waals surface area (Å²) in [5, 5.41) is 5.46. The summed E-state index contributed by atoms with van der Waals surface area (Å²) in [5.41, 5.74) is 1.11. The van der Waals surface area contributed by atoms with Crippen LogP contribution < -0.4 is 15.4 Å².